The minimum atomic E-state index is 0.00269. The third-order valence-electron chi connectivity index (χ3n) is 3.61. The summed E-state index contributed by atoms with van der Waals surface area (Å²) in [7, 11) is 0. The van der Waals surface area contributed by atoms with Gasteiger partial charge in [-0.3, -0.25) is 4.79 Å². The number of thiazole rings is 1. The molecule has 0 aliphatic carbocycles. The van der Waals surface area contributed by atoms with Crippen molar-refractivity contribution in [3.05, 3.63) is 40.4 Å². The smallest absolute Gasteiger partial charge is 0.226 e. The van der Waals surface area contributed by atoms with E-state index in [1.165, 1.54) is 11.3 Å². The van der Waals surface area contributed by atoms with Crippen LogP contribution in [0, 0.1) is 5.92 Å². The second-order valence-corrected chi connectivity index (χ2v) is 6.60. The predicted octanol–water partition coefficient (Wildman–Crippen LogP) is 3.16. The lowest BCUT2D eigenvalue weighted by molar-refractivity contribution is -0.120. The van der Waals surface area contributed by atoms with Crippen LogP contribution in [-0.4, -0.2) is 30.6 Å². The summed E-state index contributed by atoms with van der Waals surface area (Å²) in [4.78, 5) is 16.5. The van der Waals surface area contributed by atoms with Crippen LogP contribution in [-0.2, 0) is 16.0 Å². The number of hydrogen-bond donors (Lipinski definition) is 1. The molecule has 1 atom stereocenters. The molecule has 0 radical (unpaired) electrons. The van der Waals surface area contributed by atoms with Crippen molar-refractivity contribution in [1.29, 1.82) is 0 Å². The number of nitrogens with zero attached hydrogens (tertiary/aromatic N) is 1. The maximum atomic E-state index is 12.0. The maximum Gasteiger partial charge on any atom is 0.226 e. The minimum absolute atomic E-state index is 0.00269. The molecule has 1 aromatic heterocycles. The molecule has 0 saturated carbocycles. The second kappa shape index (κ2) is 7.22. The van der Waals surface area contributed by atoms with Crippen molar-refractivity contribution in [1.82, 2.24) is 10.3 Å². The Labute approximate surface area is 138 Å². The zero-order valence-electron chi connectivity index (χ0n) is 12.0. The molecular formula is C16H17ClN2O2S. The molecule has 2 aromatic rings. The van der Waals surface area contributed by atoms with Gasteiger partial charge in [0.1, 0.15) is 5.01 Å². The summed E-state index contributed by atoms with van der Waals surface area (Å²) in [6.07, 6.45) is 1.32. The number of amides is 1. The number of ether oxygens (including phenoxy) is 1. The molecule has 0 spiro atoms. The van der Waals surface area contributed by atoms with Gasteiger partial charge in [-0.1, -0.05) is 29.8 Å². The third-order valence-corrected chi connectivity index (χ3v) is 4.86. The molecule has 6 heteroatoms. The fourth-order valence-electron chi connectivity index (χ4n) is 2.38. The fraction of sp³-hybridized carbons (Fsp3) is 0.375. The molecule has 116 valence electrons. The lowest BCUT2D eigenvalue weighted by Crippen LogP contribution is -2.30. The molecule has 4 nitrogen and oxygen atoms in total. The fourth-order valence-corrected chi connectivity index (χ4v) is 3.52. The van der Waals surface area contributed by atoms with E-state index in [2.05, 4.69) is 10.3 Å². The van der Waals surface area contributed by atoms with E-state index in [-0.39, 0.29) is 5.91 Å². The van der Waals surface area contributed by atoms with Gasteiger partial charge in [0.2, 0.25) is 5.91 Å². The number of benzene rings is 1. The molecule has 1 aromatic carbocycles. The van der Waals surface area contributed by atoms with E-state index < -0.39 is 0 Å². The summed E-state index contributed by atoms with van der Waals surface area (Å²) >= 11 is 7.68. The molecule has 2 heterocycles. The van der Waals surface area contributed by atoms with Gasteiger partial charge < -0.3 is 10.1 Å². The number of nitrogens with one attached hydrogen (secondary N) is 1. The van der Waals surface area contributed by atoms with Gasteiger partial charge in [0, 0.05) is 30.0 Å². The summed E-state index contributed by atoms with van der Waals surface area (Å²) in [5.41, 5.74) is 1.68. The highest BCUT2D eigenvalue weighted by molar-refractivity contribution is 7.13. The van der Waals surface area contributed by atoms with Crippen molar-refractivity contribution >= 4 is 28.8 Å². The number of carbonyl (C=O) groups is 1. The van der Waals surface area contributed by atoms with E-state index in [4.69, 9.17) is 16.3 Å². The summed E-state index contributed by atoms with van der Waals surface area (Å²) in [5.74, 6) is 0.445. The first kappa shape index (κ1) is 15.5. The number of rotatable bonds is 5. The second-order valence-electron chi connectivity index (χ2n) is 5.33. The van der Waals surface area contributed by atoms with Gasteiger partial charge in [-0.2, -0.15) is 0 Å². The van der Waals surface area contributed by atoms with Gasteiger partial charge in [-0.25, -0.2) is 4.98 Å². The molecule has 1 amide bonds. The van der Waals surface area contributed by atoms with Crippen molar-refractivity contribution in [2.45, 2.75) is 12.8 Å². The van der Waals surface area contributed by atoms with Crippen molar-refractivity contribution < 1.29 is 9.53 Å². The zero-order valence-corrected chi connectivity index (χ0v) is 13.6. The van der Waals surface area contributed by atoms with Gasteiger partial charge >= 0.3 is 0 Å². The molecule has 1 saturated heterocycles. The Bertz CT molecular complexity index is 653. The van der Waals surface area contributed by atoms with Crippen LogP contribution in [0.15, 0.2) is 29.6 Å². The Kier molecular flexibility index (Phi) is 5.08. The Morgan fingerprint density at radius 2 is 2.32 bits per heavy atom. The Morgan fingerprint density at radius 3 is 3.09 bits per heavy atom. The molecule has 1 aliphatic heterocycles. The standard InChI is InChI=1S/C16H17ClN2O2S/c17-14-4-2-1-3-13(14)16-19-12(10-22-16)7-15(20)18-8-11-5-6-21-9-11/h1-4,10-11H,5-9H2,(H,18,20)/t11-/m1/s1. The molecular weight excluding hydrogens is 320 g/mol. The first-order chi connectivity index (χ1) is 10.7. The zero-order chi connectivity index (χ0) is 15.4. The predicted molar refractivity (Wildman–Crippen MR) is 88.2 cm³/mol. The summed E-state index contributed by atoms with van der Waals surface area (Å²) in [6, 6.07) is 7.60. The molecule has 22 heavy (non-hydrogen) atoms. The van der Waals surface area contributed by atoms with Gasteiger partial charge in [-0.05, 0) is 12.5 Å². The third kappa shape index (κ3) is 3.85. The van der Waals surface area contributed by atoms with E-state index in [0.717, 1.165) is 35.9 Å². The lowest BCUT2D eigenvalue weighted by atomic mass is 10.1. The average molecular weight is 337 g/mol. The van der Waals surface area contributed by atoms with Crippen LogP contribution in [0.25, 0.3) is 10.6 Å². The van der Waals surface area contributed by atoms with Crippen LogP contribution in [0.5, 0.6) is 0 Å². The Balaban J connectivity index is 1.57. The topological polar surface area (TPSA) is 51.2 Å². The molecule has 1 N–H and O–H groups in total. The number of halogens is 1. The van der Waals surface area contributed by atoms with Gasteiger partial charge in [-0.15, -0.1) is 11.3 Å². The van der Waals surface area contributed by atoms with Crippen molar-refractivity contribution in [2.75, 3.05) is 19.8 Å². The normalized spacial score (nSPS) is 17.6. The number of hydrogen-bond acceptors (Lipinski definition) is 4. The number of aromatic nitrogens is 1. The van der Waals surface area contributed by atoms with Crippen molar-refractivity contribution in [2.24, 2.45) is 5.92 Å². The van der Waals surface area contributed by atoms with E-state index in [9.17, 15) is 4.79 Å². The highest BCUT2D eigenvalue weighted by Gasteiger charge is 2.17. The van der Waals surface area contributed by atoms with Gasteiger partial charge in [0.05, 0.1) is 23.7 Å². The van der Waals surface area contributed by atoms with Crippen LogP contribution in [0.2, 0.25) is 5.02 Å². The lowest BCUT2D eigenvalue weighted by Gasteiger charge is -2.08. The van der Waals surface area contributed by atoms with Crippen molar-refractivity contribution in [3.63, 3.8) is 0 Å². The van der Waals surface area contributed by atoms with Crippen LogP contribution in [0.4, 0.5) is 0 Å². The van der Waals surface area contributed by atoms with E-state index in [1.807, 2.05) is 29.6 Å². The number of carbonyl (C=O) groups excluding carboxylic acids is 1. The quantitative estimate of drug-likeness (QED) is 0.912. The first-order valence-corrected chi connectivity index (χ1v) is 8.52. The summed E-state index contributed by atoms with van der Waals surface area (Å²) in [5, 5.41) is 6.39. The van der Waals surface area contributed by atoms with E-state index in [1.54, 1.807) is 0 Å². The van der Waals surface area contributed by atoms with Gasteiger partial charge in [0.25, 0.3) is 0 Å². The largest absolute Gasteiger partial charge is 0.381 e. The molecule has 1 fully saturated rings. The Hall–Kier alpha value is -1.43. The molecule has 0 unspecified atom stereocenters. The SMILES string of the molecule is O=C(Cc1csc(-c2ccccc2Cl)n1)NC[C@H]1CCOC1. The monoisotopic (exact) mass is 336 g/mol. The average Bonchev–Trinajstić information content (AvgIpc) is 3.17. The van der Waals surface area contributed by atoms with Crippen LogP contribution in [0.1, 0.15) is 12.1 Å². The van der Waals surface area contributed by atoms with E-state index in [0.29, 0.717) is 23.9 Å². The van der Waals surface area contributed by atoms with Crippen LogP contribution < -0.4 is 5.32 Å². The highest BCUT2D eigenvalue weighted by atomic mass is 35.5. The van der Waals surface area contributed by atoms with Crippen LogP contribution >= 0.6 is 22.9 Å². The molecule has 3 rings (SSSR count). The summed E-state index contributed by atoms with van der Waals surface area (Å²) < 4.78 is 5.30. The van der Waals surface area contributed by atoms with Gasteiger partial charge in [0.15, 0.2) is 0 Å². The van der Waals surface area contributed by atoms with Crippen LogP contribution in [0.3, 0.4) is 0 Å². The Morgan fingerprint density at radius 1 is 1.45 bits per heavy atom. The molecule has 0 bridgehead atoms. The first-order valence-electron chi connectivity index (χ1n) is 7.26. The van der Waals surface area contributed by atoms with Crippen molar-refractivity contribution in [3.8, 4) is 10.6 Å². The van der Waals surface area contributed by atoms with E-state index >= 15 is 0 Å². The molecule has 1 aliphatic rings. The minimum Gasteiger partial charge on any atom is -0.381 e. The maximum absolute atomic E-state index is 12.0. The summed E-state index contributed by atoms with van der Waals surface area (Å²) in [6.45, 7) is 2.22. The highest BCUT2D eigenvalue weighted by Crippen LogP contribution is 2.30.